The quantitative estimate of drug-likeness (QED) is 0.261. The molecule has 0 bridgehead atoms. The normalized spacial score (nSPS) is 21.2. The first-order valence-electron chi connectivity index (χ1n) is 12.1. The third-order valence-corrected chi connectivity index (χ3v) is 8.20. The number of nitrogens with zero attached hydrogens (tertiary/aromatic N) is 3. The van der Waals surface area contributed by atoms with E-state index in [9.17, 15) is 28.6 Å². The van der Waals surface area contributed by atoms with Gasteiger partial charge in [-0.15, -0.1) is 10.2 Å². The number of aldehydes is 1. The number of nitrogens with one attached hydrogen (secondary N) is 2. The summed E-state index contributed by atoms with van der Waals surface area (Å²) in [5, 5.41) is 30.7. The maximum Gasteiger partial charge on any atom is 0.234 e. The van der Waals surface area contributed by atoms with Crippen LogP contribution in [0.15, 0.2) is 29.2 Å². The number of rotatable bonds is 7. The summed E-state index contributed by atoms with van der Waals surface area (Å²) in [6.07, 6.45) is 6.09. The zero-order valence-corrected chi connectivity index (χ0v) is 22.7. The summed E-state index contributed by atoms with van der Waals surface area (Å²) in [4.78, 5) is 27.4. The summed E-state index contributed by atoms with van der Waals surface area (Å²) in [6, 6.07) is 3.22. The van der Waals surface area contributed by atoms with E-state index < -0.39 is 22.8 Å². The Hall–Kier alpha value is -3.06. The lowest BCUT2D eigenvalue weighted by Crippen LogP contribution is -2.57. The van der Waals surface area contributed by atoms with Crippen LogP contribution in [0.3, 0.4) is 0 Å². The Morgan fingerprint density at radius 3 is 2.45 bits per heavy atom. The Kier molecular flexibility index (Phi) is 9.47. The minimum absolute atomic E-state index is 0.0430. The minimum atomic E-state index is -0.758. The Bertz CT molecular complexity index is 1320. The molecule has 0 amide bonds. The van der Waals surface area contributed by atoms with Crippen LogP contribution in [0.25, 0.3) is 10.6 Å². The first-order valence-corrected chi connectivity index (χ1v) is 12.9. The standard InChI is InChI=1S/C15H9F2N3O3S.C11H24N2O/c16-8-2-1-7(10(17)4-8)3-12-19-20-15(24-12)9-5-18-11(6-21)14(23)13(9)22;1-10(9-14)5-7-11(12-2,8-6-10)13(3)4/h1-2,4-6,23H,3H2,(H,18,22);12,14H,5-9H2,1-4H3. The van der Waals surface area contributed by atoms with E-state index in [1.165, 1.54) is 12.3 Å². The van der Waals surface area contributed by atoms with Gasteiger partial charge in [0.25, 0.3) is 0 Å². The molecule has 2 aromatic heterocycles. The lowest BCUT2D eigenvalue weighted by molar-refractivity contribution is 0.000517. The van der Waals surface area contributed by atoms with Crippen molar-refractivity contribution in [2.45, 2.75) is 44.7 Å². The van der Waals surface area contributed by atoms with Gasteiger partial charge in [-0.05, 0) is 63.9 Å². The van der Waals surface area contributed by atoms with Crippen molar-refractivity contribution in [2.24, 2.45) is 5.41 Å². The lowest BCUT2D eigenvalue weighted by Gasteiger charge is -2.48. The zero-order valence-electron chi connectivity index (χ0n) is 21.8. The summed E-state index contributed by atoms with van der Waals surface area (Å²) in [6.45, 7) is 2.50. The molecule has 4 rings (SSSR count). The fourth-order valence-corrected chi connectivity index (χ4v) is 5.27. The van der Waals surface area contributed by atoms with Crippen LogP contribution in [0.4, 0.5) is 8.78 Å². The summed E-state index contributed by atoms with van der Waals surface area (Å²) in [5.41, 5.74) is -0.410. The molecule has 12 heteroatoms. The van der Waals surface area contributed by atoms with Crippen LogP contribution in [0, 0.1) is 17.0 Å². The Labute approximate surface area is 223 Å². The smallest absolute Gasteiger partial charge is 0.234 e. The van der Waals surface area contributed by atoms with Gasteiger partial charge >= 0.3 is 0 Å². The van der Waals surface area contributed by atoms with Crippen molar-refractivity contribution in [3.63, 3.8) is 0 Å². The molecule has 3 aromatic rings. The van der Waals surface area contributed by atoms with E-state index in [1.807, 2.05) is 7.05 Å². The van der Waals surface area contributed by atoms with Gasteiger partial charge in [-0.1, -0.05) is 24.3 Å². The highest BCUT2D eigenvalue weighted by Gasteiger charge is 2.40. The number of carbonyl (C=O) groups is 1. The maximum atomic E-state index is 13.7. The Balaban J connectivity index is 0.000000244. The van der Waals surface area contributed by atoms with Crippen molar-refractivity contribution in [3.05, 3.63) is 62.5 Å². The first kappa shape index (κ1) is 29.5. The molecule has 4 N–H and O–H groups in total. The molecule has 1 fully saturated rings. The Morgan fingerprint density at radius 2 is 1.89 bits per heavy atom. The molecule has 0 saturated heterocycles. The first-order chi connectivity index (χ1) is 18.0. The second-order valence-electron chi connectivity index (χ2n) is 9.97. The van der Waals surface area contributed by atoms with Crippen LogP contribution in [-0.2, 0) is 6.42 Å². The fraction of sp³-hybridized carbons (Fsp3) is 0.462. The van der Waals surface area contributed by atoms with Gasteiger partial charge in [0.15, 0.2) is 17.0 Å². The molecular weight excluding hydrogens is 516 g/mol. The zero-order chi connectivity index (χ0) is 28.1. The summed E-state index contributed by atoms with van der Waals surface area (Å²) < 4.78 is 26.6. The van der Waals surface area contributed by atoms with E-state index in [0.29, 0.717) is 17.9 Å². The number of aliphatic hydroxyl groups excluding tert-OH is 1. The van der Waals surface area contributed by atoms with E-state index in [2.05, 4.69) is 46.4 Å². The molecule has 206 valence electrons. The molecule has 0 radical (unpaired) electrons. The molecule has 1 aliphatic rings. The minimum Gasteiger partial charge on any atom is -0.503 e. The van der Waals surface area contributed by atoms with E-state index >= 15 is 0 Å². The van der Waals surface area contributed by atoms with Crippen molar-refractivity contribution in [1.29, 1.82) is 0 Å². The molecule has 0 unspecified atom stereocenters. The average Bonchev–Trinajstić information content (AvgIpc) is 3.36. The molecule has 1 aromatic carbocycles. The number of aromatic amines is 1. The molecule has 0 spiro atoms. The number of benzene rings is 1. The predicted octanol–water partition coefficient (Wildman–Crippen LogP) is 3.32. The molecule has 1 saturated carbocycles. The molecule has 9 nitrogen and oxygen atoms in total. The molecule has 1 aliphatic carbocycles. The van der Waals surface area contributed by atoms with Gasteiger partial charge < -0.3 is 20.5 Å². The van der Waals surface area contributed by atoms with Gasteiger partial charge in [-0.3, -0.25) is 14.5 Å². The third kappa shape index (κ3) is 6.49. The van der Waals surface area contributed by atoms with Gasteiger partial charge in [0, 0.05) is 25.3 Å². The van der Waals surface area contributed by atoms with Gasteiger partial charge in [0.2, 0.25) is 5.43 Å². The van der Waals surface area contributed by atoms with Crippen LogP contribution in [0.5, 0.6) is 5.75 Å². The summed E-state index contributed by atoms with van der Waals surface area (Å²) in [7, 11) is 6.28. The maximum absolute atomic E-state index is 13.7. The SMILES string of the molecule is CNC1(N(C)C)CCC(C)(CO)CC1.O=Cc1[nH]cc(-c2nnc(Cc3ccc(F)cc3F)s2)c(=O)c1O. The second-order valence-corrected chi connectivity index (χ2v) is 11.0. The highest BCUT2D eigenvalue weighted by Crippen LogP contribution is 2.40. The van der Waals surface area contributed by atoms with Crippen LogP contribution in [-0.4, -0.2) is 70.0 Å². The van der Waals surface area contributed by atoms with Gasteiger partial charge in [-0.25, -0.2) is 8.78 Å². The van der Waals surface area contributed by atoms with Gasteiger partial charge in [0.05, 0.1) is 11.2 Å². The van der Waals surface area contributed by atoms with Crippen LogP contribution in [0.2, 0.25) is 0 Å². The Morgan fingerprint density at radius 1 is 1.21 bits per heavy atom. The van der Waals surface area contributed by atoms with Crippen molar-refractivity contribution in [2.75, 3.05) is 27.7 Å². The van der Waals surface area contributed by atoms with E-state index in [4.69, 9.17) is 0 Å². The van der Waals surface area contributed by atoms with Crippen LogP contribution in [0.1, 0.15) is 53.7 Å². The van der Waals surface area contributed by atoms with Crippen LogP contribution >= 0.6 is 11.3 Å². The summed E-state index contributed by atoms with van der Waals surface area (Å²) >= 11 is 1.03. The molecule has 38 heavy (non-hydrogen) atoms. The van der Waals surface area contributed by atoms with Crippen molar-refractivity contribution >= 4 is 17.6 Å². The topological polar surface area (TPSA) is 131 Å². The van der Waals surface area contributed by atoms with E-state index in [0.717, 1.165) is 49.2 Å². The largest absolute Gasteiger partial charge is 0.503 e. The predicted molar refractivity (Wildman–Crippen MR) is 141 cm³/mol. The van der Waals surface area contributed by atoms with Crippen molar-refractivity contribution < 1.29 is 23.8 Å². The average molecular weight is 550 g/mol. The number of hydrogen-bond donors (Lipinski definition) is 4. The van der Waals surface area contributed by atoms with Gasteiger partial charge in [0.1, 0.15) is 22.3 Å². The number of hydrogen-bond acceptors (Lipinski definition) is 9. The number of aromatic nitrogens is 3. The highest BCUT2D eigenvalue weighted by molar-refractivity contribution is 7.14. The van der Waals surface area contributed by atoms with Crippen molar-refractivity contribution in [3.8, 4) is 16.3 Å². The number of halogens is 2. The monoisotopic (exact) mass is 549 g/mol. The number of carbonyl (C=O) groups excluding carboxylic acids is 1. The number of aliphatic hydroxyl groups is 1. The molecule has 0 aliphatic heterocycles. The summed E-state index contributed by atoms with van der Waals surface area (Å²) in [5.74, 6) is -2.08. The van der Waals surface area contributed by atoms with E-state index in [-0.39, 0.29) is 39.3 Å². The van der Waals surface area contributed by atoms with Gasteiger partial charge in [-0.2, -0.15) is 0 Å². The van der Waals surface area contributed by atoms with Crippen molar-refractivity contribution in [1.82, 2.24) is 25.4 Å². The molecule has 0 atom stereocenters. The van der Waals surface area contributed by atoms with E-state index in [1.54, 1.807) is 0 Å². The lowest BCUT2D eigenvalue weighted by atomic mass is 9.71. The highest BCUT2D eigenvalue weighted by atomic mass is 32.1. The van der Waals surface area contributed by atoms with Crippen LogP contribution < -0.4 is 10.7 Å². The second kappa shape index (κ2) is 12.2. The number of aromatic hydroxyl groups is 1. The number of H-pyrrole nitrogens is 1. The molecule has 2 heterocycles. The molecular formula is C26H33F2N5O4S. The third-order valence-electron chi connectivity index (χ3n) is 7.25. The fourth-order valence-electron chi connectivity index (χ4n) is 4.39. The number of pyridine rings is 1.